The lowest BCUT2D eigenvalue weighted by molar-refractivity contribution is 0.876. The van der Waals surface area contributed by atoms with Gasteiger partial charge in [0.15, 0.2) is 0 Å². The first-order chi connectivity index (χ1) is 5.61. The normalized spacial score (nSPS) is 13.8. The minimum atomic E-state index is 0.460. The van der Waals surface area contributed by atoms with Crippen LogP contribution in [0.15, 0.2) is 21.8 Å². The van der Waals surface area contributed by atoms with Crippen LogP contribution in [0, 0.1) is 5.92 Å². The molecule has 0 aliphatic rings. The van der Waals surface area contributed by atoms with E-state index in [0.29, 0.717) is 5.92 Å². The molecule has 68 valence electrons. The Morgan fingerprint density at radius 3 is 2.42 bits per heavy atom. The van der Waals surface area contributed by atoms with Crippen LogP contribution in [0.2, 0.25) is 0 Å². The predicted molar refractivity (Wildman–Crippen MR) is 56.1 cm³/mol. The number of allylic oxidation sites excluding steroid dienone is 2. The molecule has 0 saturated carbocycles. The monoisotopic (exact) mass is 166 g/mol. The van der Waals surface area contributed by atoms with Gasteiger partial charge in [-0.15, -0.1) is 0 Å². The van der Waals surface area contributed by atoms with Crippen molar-refractivity contribution in [2.24, 2.45) is 15.9 Å². The van der Waals surface area contributed by atoms with E-state index in [-0.39, 0.29) is 0 Å². The van der Waals surface area contributed by atoms with Crippen LogP contribution in [0.3, 0.4) is 0 Å². The first kappa shape index (κ1) is 11.1. The maximum absolute atomic E-state index is 4.36. The van der Waals surface area contributed by atoms with E-state index >= 15 is 0 Å². The Bertz CT molecular complexity index is 200. The van der Waals surface area contributed by atoms with E-state index in [4.69, 9.17) is 0 Å². The first-order valence-electron chi connectivity index (χ1n) is 4.31. The fourth-order valence-corrected chi connectivity index (χ4v) is 0.837. The molecule has 0 rings (SSSR count). The molecule has 0 aromatic carbocycles. The molecule has 0 bridgehead atoms. The van der Waals surface area contributed by atoms with Crippen LogP contribution >= 0.6 is 0 Å². The highest BCUT2D eigenvalue weighted by molar-refractivity contribution is 5.96. The third kappa shape index (κ3) is 4.06. The third-order valence-corrected chi connectivity index (χ3v) is 1.54. The lowest BCUT2D eigenvalue weighted by Gasteiger charge is -2.04. The molecule has 0 heterocycles. The van der Waals surface area contributed by atoms with Crippen molar-refractivity contribution >= 4 is 12.4 Å². The molecule has 0 atom stereocenters. The van der Waals surface area contributed by atoms with E-state index in [1.165, 1.54) is 0 Å². The van der Waals surface area contributed by atoms with Gasteiger partial charge in [-0.1, -0.05) is 13.8 Å². The highest BCUT2D eigenvalue weighted by atomic mass is 14.7. The Morgan fingerprint density at radius 2 is 2.08 bits per heavy atom. The fraction of sp³-hybridized carbons (Fsp3) is 0.600. The first-order valence-corrected chi connectivity index (χ1v) is 4.31. The van der Waals surface area contributed by atoms with Crippen LogP contribution in [0.25, 0.3) is 0 Å². The van der Waals surface area contributed by atoms with Gasteiger partial charge in [0.25, 0.3) is 0 Å². The van der Waals surface area contributed by atoms with Gasteiger partial charge in [0, 0.05) is 18.0 Å². The van der Waals surface area contributed by atoms with E-state index in [1.54, 1.807) is 0 Å². The number of hydrogen-bond donors (Lipinski definition) is 0. The molecular weight excluding hydrogens is 148 g/mol. The predicted octanol–water partition coefficient (Wildman–Crippen LogP) is 2.71. The van der Waals surface area contributed by atoms with Crippen LogP contribution in [0.4, 0.5) is 0 Å². The Hall–Kier alpha value is -0.920. The molecule has 0 aromatic rings. The standard InChI is InChI=1S/C10H18N2/c1-6-12-10(8(2)3)7-9(4)11-5/h7-8H,5-6H2,1-4H3/b9-7-,12-10?. The van der Waals surface area contributed by atoms with Crippen LogP contribution < -0.4 is 0 Å². The van der Waals surface area contributed by atoms with Crippen molar-refractivity contribution in [2.75, 3.05) is 6.54 Å². The summed E-state index contributed by atoms with van der Waals surface area (Å²) in [5, 5.41) is 0. The van der Waals surface area contributed by atoms with Gasteiger partial charge in [-0.3, -0.25) is 9.98 Å². The largest absolute Gasteiger partial charge is 0.290 e. The highest BCUT2D eigenvalue weighted by Crippen LogP contribution is 2.03. The van der Waals surface area contributed by atoms with Crippen molar-refractivity contribution < 1.29 is 0 Å². The summed E-state index contributed by atoms with van der Waals surface area (Å²) in [7, 11) is 0. The van der Waals surface area contributed by atoms with E-state index < -0.39 is 0 Å². The SMILES string of the molecule is C=N/C(C)=C\C(=NCC)C(C)C. The van der Waals surface area contributed by atoms with Gasteiger partial charge in [0.2, 0.25) is 0 Å². The molecule has 2 heteroatoms. The van der Waals surface area contributed by atoms with Crippen LogP contribution in [-0.4, -0.2) is 19.0 Å². The fourth-order valence-electron chi connectivity index (χ4n) is 0.837. The van der Waals surface area contributed by atoms with Gasteiger partial charge < -0.3 is 0 Å². The van der Waals surface area contributed by atoms with Crippen LogP contribution in [0.1, 0.15) is 27.7 Å². The average Bonchev–Trinajstić information content (AvgIpc) is 2.03. The molecule has 0 radical (unpaired) electrons. The summed E-state index contributed by atoms with van der Waals surface area (Å²) >= 11 is 0. The van der Waals surface area contributed by atoms with Crippen molar-refractivity contribution in [1.29, 1.82) is 0 Å². The lowest BCUT2D eigenvalue weighted by Crippen LogP contribution is -2.05. The van der Waals surface area contributed by atoms with Gasteiger partial charge in [0.1, 0.15) is 0 Å². The molecule has 12 heavy (non-hydrogen) atoms. The Morgan fingerprint density at radius 1 is 1.50 bits per heavy atom. The molecule has 0 aliphatic heterocycles. The molecule has 0 saturated heterocycles. The number of rotatable bonds is 4. The smallest absolute Gasteiger partial charge is 0.0391 e. The van der Waals surface area contributed by atoms with Gasteiger partial charge in [-0.25, -0.2) is 0 Å². The van der Waals surface area contributed by atoms with Crippen molar-refractivity contribution in [2.45, 2.75) is 27.7 Å². The maximum Gasteiger partial charge on any atom is 0.0391 e. The molecule has 0 spiro atoms. The minimum Gasteiger partial charge on any atom is -0.290 e. The number of nitrogens with zero attached hydrogens (tertiary/aromatic N) is 2. The Labute approximate surface area is 75.1 Å². The molecule has 0 N–H and O–H groups in total. The molecule has 0 unspecified atom stereocenters. The lowest BCUT2D eigenvalue weighted by atomic mass is 10.1. The van der Waals surface area contributed by atoms with Crippen molar-refractivity contribution in [3.8, 4) is 0 Å². The van der Waals surface area contributed by atoms with E-state index in [0.717, 1.165) is 18.0 Å². The van der Waals surface area contributed by atoms with Gasteiger partial charge in [-0.05, 0) is 32.6 Å². The second-order valence-electron chi connectivity index (χ2n) is 3.00. The molecule has 0 aromatic heterocycles. The molecule has 0 fully saturated rings. The summed E-state index contributed by atoms with van der Waals surface area (Å²) in [5.74, 6) is 0.460. The Kier molecular flexibility index (Phi) is 5.26. The summed E-state index contributed by atoms with van der Waals surface area (Å²) in [5.41, 5.74) is 2.03. The van der Waals surface area contributed by atoms with E-state index in [2.05, 4.69) is 30.5 Å². The number of aliphatic imine (C=N–C) groups is 2. The average molecular weight is 166 g/mol. The summed E-state index contributed by atoms with van der Waals surface area (Å²) in [6.45, 7) is 12.5. The third-order valence-electron chi connectivity index (χ3n) is 1.54. The quantitative estimate of drug-likeness (QED) is 0.574. The maximum atomic E-state index is 4.36. The zero-order chi connectivity index (χ0) is 9.56. The summed E-state index contributed by atoms with van der Waals surface area (Å²) < 4.78 is 0. The molecule has 0 aliphatic carbocycles. The summed E-state index contributed by atoms with van der Waals surface area (Å²) in [6, 6.07) is 0. The molecular formula is C10H18N2. The zero-order valence-corrected chi connectivity index (χ0v) is 8.46. The van der Waals surface area contributed by atoms with Crippen molar-refractivity contribution in [3.63, 3.8) is 0 Å². The van der Waals surface area contributed by atoms with Crippen LogP contribution in [-0.2, 0) is 0 Å². The van der Waals surface area contributed by atoms with Crippen molar-refractivity contribution in [3.05, 3.63) is 11.8 Å². The zero-order valence-electron chi connectivity index (χ0n) is 8.46. The van der Waals surface area contributed by atoms with E-state index in [9.17, 15) is 0 Å². The molecule has 0 amide bonds. The second kappa shape index (κ2) is 5.70. The summed E-state index contributed by atoms with van der Waals surface area (Å²) in [4.78, 5) is 8.19. The molecule has 2 nitrogen and oxygen atoms in total. The van der Waals surface area contributed by atoms with Crippen LogP contribution in [0.5, 0.6) is 0 Å². The van der Waals surface area contributed by atoms with Gasteiger partial charge in [-0.2, -0.15) is 0 Å². The minimum absolute atomic E-state index is 0.460. The highest BCUT2D eigenvalue weighted by Gasteiger charge is 2.00. The Balaban J connectivity index is 4.54. The van der Waals surface area contributed by atoms with Gasteiger partial charge in [0.05, 0.1) is 0 Å². The summed E-state index contributed by atoms with van der Waals surface area (Å²) in [6.07, 6.45) is 1.99. The van der Waals surface area contributed by atoms with Crippen molar-refractivity contribution in [1.82, 2.24) is 0 Å². The van der Waals surface area contributed by atoms with E-state index in [1.807, 2.05) is 19.9 Å². The van der Waals surface area contributed by atoms with Gasteiger partial charge >= 0.3 is 0 Å². The number of hydrogen-bond acceptors (Lipinski definition) is 2. The second-order valence-corrected chi connectivity index (χ2v) is 3.00. The topological polar surface area (TPSA) is 24.7 Å².